The van der Waals surface area contributed by atoms with Gasteiger partial charge >= 0.3 is 0 Å². The monoisotopic (exact) mass is 278 g/mol. The number of aryl methyl sites for hydroxylation is 1. The lowest BCUT2D eigenvalue weighted by Crippen LogP contribution is -2.32. The Morgan fingerprint density at radius 2 is 2.15 bits per heavy atom. The standard InChI is InChI=1S/C16H30N4/c1-3-11-20-16(18-13-19-20)12-15(17-4-2)10-9-14-7-5-6-8-14/h13-15,17H,3-12H2,1-2H3. The highest BCUT2D eigenvalue weighted by atomic mass is 15.3. The van der Waals surface area contributed by atoms with Crippen molar-refractivity contribution >= 4 is 0 Å². The van der Waals surface area contributed by atoms with Gasteiger partial charge in [-0.1, -0.05) is 39.5 Å². The molecule has 0 spiro atoms. The van der Waals surface area contributed by atoms with Crippen LogP contribution >= 0.6 is 0 Å². The SMILES string of the molecule is CCCn1ncnc1CC(CCC1CCCC1)NCC. The van der Waals surface area contributed by atoms with Crippen molar-refractivity contribution in [3.8, 4) is 0 Å². The Balaban J connectivity index is 1.85. The maximum atomic E-state index is 4.45. The van der Waals surface area contributed by atoms with Crippen LogP contribution < -0.4 is 5.32 Å². The average molecular weight is 278 g/mol. The summed E-state index contributed by atoms with van der Waals surface area (Å²) < 4.78 is 2.07. The lowest BCUT2D eigenvalue weighted by Gasteiger charge is -2.19. The van der Waals surface area contributed by atoms with Gasteiger partial charge in [0.15, 0.2) is 0 Å². The maximum absolute atomic E-state index is 4.45. The number of nitrogens with one attached hydrogen (secondary N) is 1. The van der Waals surface area contributed by atoms with Crippen LogP contribution in [0.1, 0.15) is 64.6 Å². The summed E-state index contributed by atoms with van der Waals surface area (Å²) in [5.74, 6) is 2.12. The second kappa shape index (κ2) is 8.40. The van der Waals surface area contributed by atoms with E-state index in [1.54, 1.807) is 6.33 Å². The van der Waals surface area contributed by atoms with Gasteiger partial charge in [0.2, 0.25) is 0 Å². The first-order valence-corrected chi connectivity index (χ1v) is 8.43. The van der Waals surface area contributed by atoms with E-state index in [-0.39, 0.29) is 0 Å². The second-order valence-electron chi connectivity index (χ2n) is 6.09. The predicted octanol–water partition coefficient (Wildman–Crippen LogP) is 3.18. The Morgan fingerprint density at radius 1 is 1.35 bits per heavy atom. The van der Waals surface area contributed by atoms with E-state index in [2.05, 4.69) is 33.9 Å². The Morgan fingerprint density at radius 3 is 2.85 bits per heavy atom. The largest absolute Gasteiger partial charge is 0.314 e. The molecular formula is C16H30N4. The van der Waals surface area contributed by atoms with Gasteiger partial charge < -0.3 is 5.32 Å². The third kappa shape index (κ3) is 4.58. The zero-order valence-corrected chi connectivity index (χ0v) is 13.1. The summed E-state index contributed by atoms with van der Waals surface area (Å²) in [4.78, 5) is 4.45. The highest BCUT2D eigenvalue weighted by Gasteiger charge is 2.18. The minimum absolute atomic E-state index is 0.556. The molecule has 0 radical (unpaired) electrons. The molecule has 1 fully saturated rings. The van der Waals surface area contributed by atoms with E-state index in [4.69, 9.17) is 0 Å². The van der Waals surface area contributed by atoms with Gasteiger partial charge in [0, 0.05) is 19.0 Å². The van der Waals surface area contributed by atoms with Crippen LogP contribution in [0.3, 0.4) is 0 Å². The fraction of sp³-hybridized carbons (Fsp3) is 0.875. The van der Waals surface area contributed by atoms with Crippen molar-refractivity contribution in [1.82, 2.24) is 20.1 Å². The number of hydrogen-bond acceptors (Lipinski definition) is 3. The van der Waals surface area contributed by atoms with Gasteiger partial charge in [-0.05, 0) is 31.7 Å². The van der Waals surface area contributed by atoms with E-state index in [1.807, 2.05) is 0 Å². The smallest absolute Gasteiger partial charge is 0.138 e. The highest BCUT2D eigenvalue weighted by Crippen LogP contribution is 2.29. The van der Waals surface area contributed by atoms with Crippen LogP contribution in [0.4, 0.5) is 0 Å². The first kappa shape index (κ1) is 15.5. The van der Waals surface area contributed by atoms with Crippen molar-refractivity contribution < 1.29 is 0 Å². The molecule has 0 bridgehead atoms. The van der Waals surface area contributed by atoms with Gasteiger partial charge in [-0.2, -0.15) is 5.10 Å². The quantitative estimate of drug-likeness (QED) is 0.754. The van der Waals surface area contributed by atoms with Crippen LogP contribution in [0.15, 0.2) is 6.33 Å². The number of hydrogen-bond donors (Lipinski definition) is 1. The lowest BCUT2D eigenvalue weighted by molar-refractivity contribution is 0.397. The third-order valence-electron chi connectivity index (χ3n) is 4.45. The average Bonchev–Trinajstić information content (AvgIpc) is 3.09. The summed E-state index contributed by atoms with van der Waals surface area (Å²) in [6.45, 7) is 6.40. The predicted molar refractivity (Wildman–Crippen MR) is 82.7 cm³/mol. The zero-order valence-electron chi connectivity index (χ0n) is 13.1. The van der Waals surface area contributed by atoms with Gasteiger partial charge in [-0.25, -0.2) is 4.98 Å². The topological polar surface area (TPSA) is 42.7 Å². The van der Waals surface area contributed by atoms with Crippen molar-refractivity contribution in [2.75, 3.05) is 6.54 Å². The van der Waals surface area contributed by atoms with Crippen molar-refractivity contribution in [3.05, 3.63) is 12.2 Å². The molecule has 0 amide bonds. The van der Waals surface area contributed by atoms with Gasteiger partial charge in [0.1, 0.15) is 12.2 Å². The Bertz CT molecular complexity index is 368. The fourth-order valence-electron chi connectivity index (χ4n) is 3.37. The van der Waals surface area contributed by atoms with Crippen LogP contribution in [0.2, 0.25) is 0 Å². The third-order valence-corrected chi connectivity index (χ3v) is 4.45. The molecule has 1 aliphatic carbocycles. The molecule has 4 heteroatoms. The van der Waals surface area contributed by atoms with Gasteiger partial charge in [-0.15, -0.1) is 0 Å². The highest BCUT2D eigenvalue weighted by molar-refractivity contribution is 4.90. The minimum Gasteiger partial charge on any atom is -0.314 e. The summed E-state index contributed by atoms with van der Waals surface area (Å²) in [7, 11) is 0. The number of rotatable bonds is 9. The van der Waals surface area contributed by atoms with Crippen LogP contribution in [0, 0.1) is 5.92 Å². The molecule has 0 aromatic carbocycles. The molecule has 20 heavy (non-hydrogen) atoms. The summed E-state index contributed by atoms with van der Waals surface area (Å²) in [6, 6.07) is 0.556. The summed E-state index contributed by atoms with van der Waals surface area (Å²) in [5.41, 5.74) is 0. The van der Waals surface area contributed by atoms with Crippen molar-refractivity contribution in [1.29, 1.82) is 0 Å². The molecule has 1 aliphatic rings. The van der Waals surface area contributed by atoms with Gasteiger partial charge in [0.05, 0.1) is 0 Å². The number of nitrogens with zero attached hydrogens (tertiary/aromatic N) is 3. The van der Waals surface area contributed by atoms with Crippen molar-refractivity contribution in [3.63, 3.8) is 0 Å². The van der Waals surface area contributed by atoms with Crippen LogP contribution in [-0.4, -0.2) is 27.4 Å². The lowest BCUT2D eigenvalue weighted by atomic mass is 9.97. The first-order chi connectivity index (χ1) is 9.83. The van der Waals surface area contributed by atoms with E-state index in [1.165, 1.54) is 38.5 Å². The molecule has 114 valence electrons. The normalized spacial score (nSPS) is 17.7. The molecule has 0 aliphatic heterocycles. The summed E-state index contributed by atoms with van der Waals surface area (Å²) in [6.07, 6.45) is 12.3. The van der Waals surface area contributed by atoms with Crippen molar-refractivity contribution in [2.24, 2.45) is 5.92 Å². The Hall–Kier alpha value is -0.900. The molecule has 1 saturated carbocycles. The number of aromatic nitrogens is 3. The zero-order chi connectivity index (χ0) is 14.2. The Kier molecular flexibility index (Phi) is 6.51. The maximum Gasteiger partial charge on any atom is 0.138 e. The molecule has 1 N–H and O–H groups in total. The van der Waals surface area contributed by atoms with Gasteiger partial charge in [-0.3, -0.25) is 4.68 Å². The summed E-state index contributed by atoms with van der Waals surface area (Å²) >= 11 is 0. The van der Waals surface area contributed by atoms with Gasteiger partial charge in [0.25, 0.3) is 0 Å². The molecule has 2 rings (SSSR count). The van der Waals surface area contributed by atoms with E-state index in [9.17, 15) is 0 Å². The van der Waals surface area contributed by atoms with Crippen LogP contribution in [0.5, 0.6) is 0 Å². The first-order valence-electron chi connectivity index (χ1n) is 8.43. The molecule has 0 saturated heterocycles. The minimum atomic E-state index is 0.556. The Labute approximate surface area is 123 Å². The van der Waals surface area contributed by atoms with E-state index in [0.29, 0.717) is 6.04 Å². The molecule has 4 nitrogen and oxygen atoms in total. The van der Waals surface area contributed by atoms with Crippen molar-refractivity contribution in [2.45, 2.75) is 77.8 Å². The van der Waals surface area contributed by atoms with E-state index in [0.717, 1.165) is 37.7 Å². The van der Waals surface area contributed by atoms with Crippen LogP contribution in [0.25, 0.3) is 0 Å². The fourth-order valence-corrected chi connectivity index (χ4v) is 3.37. The second-order valence-corrected chi connectivity index (χ2v) is 6.09. The molecule has 1 aromatic rings. The summed E-state index contributed by atoms with van der Waals surface area (Å²) in [5, 5.41) is 7.97. The molecule has 1 aromatic heterocycles. The number of likely N-dealkylation sites (N-methyl/N-ethyl adjacent to an activating group) is 1. The molecule has 1 heterocycles. The molecular weight excluding hydrogens is 248 g/mol. The van der Waals surface area contributed by atoms with Crippen LogP contribution in [-0.2, 0) is 13.0 Å². The van der Waals surface area contributed by atoms with E-state index >= 15 is 0 Å². The molecule has 1 atom stereocenters. The molecule has 1 unspecified atom stereocenters. The van der Waals surface area contributed by atoms with E-state index < -0.39 is 0 Å².